The van der Waals surface area contributed by atoms with Gasteiger partial charge >= 0.3 is 5.69 Å². The van der Waals surface area contributed by atoms with Crippen molar-refractivity contribution in [2.24, 2.45) is 0 Å². The van der Waals surface area contributed by atoms with Crippen molar-refractivity contribution in [1.82, 2.24) is 19.3 Å². The normalized spacial score (nSPS) is 11.2. The van der Waals surface area contributed by atoms with Gasteiger partial charge in [-0.2, -0.15) is 4.98 Å². The minimum absolute atomic E-state index is 0.0530. The Morgan fingerprint density at radius 2 is 1.70 bits per heavy atom. The zero-order chi connectivity index (χ0) is 22.9. The molecule has 9 heteroatoms. The van der Waals surface area contributed by atoms with Crippen LogP contribution in [0.3, 0.4) is 0 Å². The molecule has 0 aliphatic heterocycles. The van der Waals surface area contributed by atoms with Crippen molar-refractivity contribution in [2.75, 3.05) is 0 Å². The van der Waals surface area contributed by atoms with Crippen LogP contribution in [0.2, 0.25) is 5.02 Å². The molecule has 0 atom stereocenters. The standard InChI is InChI=1S/C24H16ClFN4O3/c25-17-10-8-15(9-11-17)13-30-23(31)19-6-1-2-7-20(19)29(24(30)32)14-21-27-22(28-33-21)16-4-3-5-18(26)12-16/h1-12H,13-14H2. The molecule has 0 bridgehead atoms. The number of hydrogen-bond acceptors (Lipinski definition) is 5. The van der Waals surface area contributed by atoms with Gasteiger partial charge in [-0.25, -0.2) is 9.18 Å². The maximum atomic E-state index is 13.5. The molecule has 0 unspecified atom stereocenters. The molecule has 5 aromatic rings. The summed E-state index contributed by atoms with van der Waals surface area (Å²) in [5, 5.41) is 4.85. The molecule has 0 saturated heterocycles. The topological polar surface area (TPSA) is 82.9 Å². The fourth-order valence-corrected chi connectivity index (χ4v) is 3.76. The molecule has 0 fully saturated rings. The number of nitrogens with zero attached hydrogens (tertiary/aromatic N) is 4. The Hall–Kier alpha value is -4.04. The minimum Gasteiger partial charge on any atom is -0.337 e. The van der Waals surface area contributed by atoms with Gasteiger partial charge in [0.2, 0.25) is 11.7 Å². The fraction of sp³-hybridized carbons (Fsp3) is 0.0833. The zero-order valence-electron chi connectivity index (χ0n) is 17.1. The van der Waals surface area contributed by atoms with Crippen molar-refractivity contribution >= 4 is 22.5 Å². The van der Waals surface area contributed by atoms with E-state index in [1.807, 2.05) is 0 Å². The Balaban J connectivity index is 1.59. The first-order chi connectivity index (χ1) is 16.0. The van der Waals surface area contributed by atoms with Gasteiger partial charge in [-0.1, -0.05) is 53.2 Å². The van der Waals surface area contributed by atoms with Crippen LogP contribution in [0.5, 0.6) is 0 Å². The van der Waals surface area contributed by atoms with Crippen LogP contribution >= 0.6 is 11.6 Å². The molecule has 0 radical (unpaired) electrons. The summed E-state index contributed by atoms with van der Waals surface area (Å²) in [6.45, 7) is 0.0284. The predicted molar refractivity (Wildman–Crippen MR) is 122 cm³/mol. The molecular weight excluding hydrogens is 447 g/mol. The highest BCUT2D eigenvalue weighted by Gasteiger charge is 2.17. The summed E-state index contributed by atoms with van der Waals surface area (Å²) >= 11 is 5.95. The third-order valence-corrected chi connectivity index (χ3v) is 5.48. The number of para-hydroxylation sites is 1. The Bertz CT molecular complexity index is 1590. The van der Waals surface area contributed by atoms with E-state index in [9.17, 15) is 14.0 Å². The summed E-state index contributed by atoms with van der Waals surface area (Å²) in [7, 11) is 0. The third-order valence-electron chi connectivity index (χ3n) is 5.23. The van der Waals surface area contributed by atoms with E-state index in [1.54, 1.807) is 60.7 Å². The Morgan fingerprint density at radius 1 is 0.909 bits per heavy atom. The molecule has 0 spiro atoms. The van der Waals surface area contributed by atoms with Crippen LogP contribution in [0.15, 0.2) is 86.9 Å². The second-order valence-corrected chi connectivity index (χ2v) is 7.86. The van der Waals surface area contributed by atoms with Crippen LogP contribution in [-0.2, 0) is 13.1 Å². The molecule has 3 aromatic carbocycles. The molecule has 0 amide bonds. The van der Waals surface area contributed by atoms with E-state index in [2.05, 4.69) is 10.1 Å². The highest BCUT2D eigenvalue weighted by atomic mass is 35.5. The van der Waals surface area contributed by atoms with E-state index in [0.717, 1.165) is 10.1 Å². The highest BCUT2D eigenvalue weighted by Crippen LogP contribution is 2.18. The van der Waals surface area contributed by atoms with E-state index in [4.69, 9.17) is 16.1 Å². The predicted octanol–water partition coefficient (Wildman–Crippen LogP) is 4.10. The number of rotatable bonds is 5. The molecule has 33 heavy (non-hydrogen) atoms. The van der Waals surface area contributed by atoms with Gasteiger partial charge in [0, 0.05) is 10.6 Å². The van der Waals surface area contributed by atoms with Gasteiger partial charge in [-0.05, 0) is 42.0 Å². The smallest absolute Gasteiger partial charge is 0.332 e. The van der Waals surface area contributed by atoms with E-state index < -0.39 is 17.1 Å². The van der Waals surface area contributed by atoms with Gasteiger partial charge in [0.1, 0.15) is 12.4 Å². The van der Waals surface area contributed by atoms with Gasteiger partial charge in [0.15, 0.2) is 0 Å². The van der Waals surface area contributed by atoms with E-state index >= 15 is 0 Å². The van der Waals surface area contributed by atoms with Crippen LogP contribution in [0.25, 0.3) is 22.3 Å². The Kier molecular flexibility index (Phi) is 5.35. The second kappa shape index (κ2) is 8.48. The summed E-state index contributed by atoms with van der Waals surface area (Å²) in [6, 6.07) is 19.6. The molecule has 2 aromatic heterocycles. The number of fused-ring (bicyclic) bond motifs is 1. The van der Waals surface area contributed by atoms with Gasteiger partial charge in [-0.3, -0.25) is 13.9 Å². The molecule has 0 saturated carbocycles. The first-order valence-corrected chi connectivity index (χ1v) is 10.4. The molecular formula is C24H16ClFN4O3. The maximum Gasteiger partial charge on any atom is 0.332 e. The van der Waals surface area contributed by atoms with Crippen molar-refractivity contribution in [3.05, 3.63) is 116 Å². The van der Waals surface area contributed by atoms with Crippen molar-refractivity contribution in [1.29, 1.82) is 0 Å². The van der Waals surface area contributed by atoms with E-state index in [-0.39, 0.29) is 24.8 Å². The maximum absolute atomic E-state index is 13.5. The van der Waals surface area contributed by atoms with Crippen molar-refractivity contribution < 1.29 is 8.91 Å². The summed E-state index contributed by atoms with van der Waals surface area (Å²) in [5.74, 6) is -0.0649. The number of benzene rings is 3. The van der Waals surface area contributed by atoms with Gasteiger partial charge in [0.05, 0.1) is 17.4 Å². The lowest BCUT2D eigenvalue weighted by Gasteiger charge is -2.13. The van der Waals surface area contributed by atoms with Crippen LogP contribution in [-0.4, -0.2) is 19.3 Å². The molecule has 0 aliphatic rings. The van der Waals surface area contributed by atoms with Crippen molar-refractivity contribution in [3.63, 3.8) is 0 Å². The van der Waals surface area contributed by atoms with Crippen molar-refractivity contribution in [2.45, 2.75) is 13.1 Å². The lowest BCUT2D eigenvalue weighted by atomic mass is 10.2. The number of halogens is 2. The molecule has 164 valence electrons. The van der Waals surface area contributed by atoms with Crippen LogP contribution in [0.4, 0.5) is 4.39 Å². The van der Waals surface area contributed by atoms with Crippen LogP contribution < -0.4 is 11.2 Å². The number of hydrogen-bond donors (Lipinski definition) is 0. The largest absolute Gasteiger partial charge is 0.337 e. The molecule has 2 heterocycles. The summed E-state index contributed by atoms with van der Waals surface area (Å²) in [5.41, 5.74) is 0.749. The highest BCUT2D eigenvalue weighted by molar-refractivity contribution is 6.30. The quantitative estimate of drug-likeness (QED) is 0.392. The first-order valence-electron chi connectivity index (χ1n) is 10.0. The average molecular weight is 463 g/mol. The second-order valence-electron chi connectivity index (χ2n) is 7.43. The monoisotopic (exact) mass is 462 g/mol. The summed E-state index contributed by atoms with van der Waals surface area (Å²) in [4.78, 5) is 30.7. The van der Waals surface area contributed by atoms with Crippen molar-refractivity contribution in [3.8, 4) is 11.4 Å². The van der Waals surface area contributed by atoms with E-state index in [0.29, 0.717) is 21.5 Å². The van der Waals surface area contributed by atoms with Gasteiger partial charge < -0.3 is 4.52 Å². The minimum atomic E-state index is -0.515. The Morgan fingerprint density at radius 3 is 2.48 bits per heavy atom. The first kappa shape index (κ1) is 20.8. The molecule has 0 aliphatic carbocycles. The van der Waals surface area contributed by atoms with Gasteiger partial charge in [0.25, 0.3) is 5.56 Å². The SMILES string of the molecule is O=c1c2ccccc2n(Cc2nc(-c3cccc(F)c3)no2)c(=O)n1Cc1ccc(Cl)cc1. The van der Waals surface area contributed by atoms with E-state index in [1.165, 1.54) is 16.7 Å². The molecule has 7 nitrogen and oxygen atoms in total. The number of aromatic nitrogens is 4. The van der Waals surface area contributed by atoms with Gasteiger partial charge in [-0.15, -0.1) is 0 Å². The Labute approximate surface area is 191 Å². The summed E-state index contributed by atoms with van der Waals surface area (Å²) < 4.78 is 21.4. The summed E-state index contributed by atoms with van der Waals surface area (Å²) in [6.07, 6.45) is 0. The van der Waals surface area contributed by atoms with Crippen LogP contribution in [0, 0.1) is 5.82 Å². The zero-order valence-corrected chi connectivity index (χ0v) is 17.9. The molecule has 5 rings (SSSR count). The lowest BCUT2D eigenvalue weighted by Crippen LogP contribution is -2.40. The third kappa shape index (κ3) is 4.08. The fourth-order valence-electron chi connectivity index (χ4n) is 3.63. The lowest BCUT2D eigenvalue weighted by molar-refractivity contribution is 0.369. The average Bonchev–Trinajstić information content (AvgIpc) is 3.29. The van der Waals surface area contributed by atoms with Crippen LogP contribution in [0.1, 0.15) is 11.5 Å². The molecule has 0 N–H and O–H groups in total.